The molecule has 0 aliphatic carbocycles. The molecule has 0 amide bonds. The summed E-state index contributed by atoms with van der Waals surface area (Å²) >= 11 is 1.71. The van der Waals surface area contributed by atoms with Crippen molar-refractivity contribution >= 4 is 11.8 Å². The number of nitrogens with two attached hydrogens (primary N) is 1. The van der Waals surface area contributed by atoms with Gasteiger partial charge in [0.05, 0.1) is 0 Å². The molecule has 2 N–H and O–H groups in total. The molecule has 2 aromatic rings. The first kappa shape index (κ1) is 14.1. The predicted octanol–water partition coefficient (Wildman–Crippen LogP) is 3.74. The molecule has 2 rings (SSSR count). The summed E-state index contributed by atoms with van der Waals surface area (Å²) < 4.78 is 0. The molecule has 1 heterocycles. The monoisotopic (exact) mass is 272 g/mol. The normalized spacial score (nSPS) is 12.4. The molecule has 0 saturated carbocycles. The van der Waals surface area contributed by atoms with Gasteiger partial charge in [0.1, 0.15) is 5.03 Å². The van der Waals surface area contributed by atoms with Crippen LogP contribution in [0.3, 0.4) is 0 Å². The van der Waals surface area contributed by atoms with E-state index in [4.69, 9.17) is 5.73 Å². The molecular weight excluding hydrogens is 252 g/mol. The Labute approximate surface area is 119 Å². The van der Waals surface area contributed by atoms with E-state index in [-0.39, 0.29) is 6.04 Å². The van der Waals surface area contributed by atoms with Gasteiger partial charge in [0, 0.05) is 17.1 Å². The third-order valence-corrected chi connectivity index (χ3v) is 4.01. The highest BCUT2D eigenvalue weighted by Gasteiger charge is 2.05. The largest absolute Gasteiger partial charge is 0.328 e. The maximum atomic E-state index is 5.82. The lowest BCUT2D eigenvalue weighted by Gasteiger charge is -2.09. The Balaban J connectivity index is 2.15. The van der Waals surface area contributed by atoms with E-state index in [1.54, 1.807) is 11.8 Å². The summed E-state index contributed by atoms with van der Waals surface area (Å²) in [5, 5.41) is 1.07. The average molecular weight is 272 g/mol. The minimum Gasteiger partial charge on any atom is -0.328 e. The Bertz CT molecular complexity index is 547. The number of nitrogens with zero attached hydrogens (tertiary/aromatic N) is 1. The van der Waals surface area contributed by atoms with Gasteiger partial charge in [-0.1, -0.05) is 35.5 Å². The summed E-state index contributed by atoms with van der Waals surface area (Å²) in [6.07, 6.45) is 2.82. The second-order valence-corrected chi connectivity index (χ2v) is 6.12. The Morgan fingerprint density at radius 2 is 1.89 bits per heavy atom. The molecule has 0 aliphatic heterocycles. The van der Waals surface area contributed by atoms with Crippen molar-refractivity contribution in [3.63, 3.8) is 0 Å². The van der Waals surface area contributed by atoms with E-state index in [2.05, 4.69) is 49.2 Å². The minimum absolute atomic E-state index is 0.178. The maximum Gasteiger partial charge on any atom is 0.104 e. The molecule has 0 radical (unpaired) electrons. The Morgan fingerprint density at radius 3 is 2.47 bits per heavy atom. The third kappa shape index (κ3) is 4.08. The number of aryl methyl sites for hydroxylation is 2. The van der Waals surface area contributed by atoms with Crippen LogP contribution in [0.25, 0.3) is 0 Å². The first-order valence-electron chi connectivity index (χ1n) is 6.50. The van der Waals surface area contributed by atoms with E-state index in [0.29, 0.717) is 0 Å². The van der Waals surface area contributed by atoms with Crippen LogP contribution in [0.5, 0.6) is 0 Å². The number of hydrogen-bond acceptors (Lipinski definition) is 3. The van der Waals surface area contributed by atoms with Crippen molar-refractivity contribution in [3.8, 4) is 0 Å². The van der Waals surface area contributed by atoms with Crippen LogP contribution in [0.4, 0.5) is 0 Å². The Hall–Kier alpha value is -1.32. The van der Waals surface area contributed by atoms with Gasteiger partial charge in [0.15, 0.2) is 0 Å². The van der Waals surface area contributed by atoms with E-state index in [1.807, 2.05) is 13.1 Å². The zero-order valence-electron chi connectivity index (χ0n) is 11.7. The minimum atomic E-state index is 0.178. The van der Waals surface area contributed by atoms with Crippen molar-refractivity contribution in [3.05, 3.63) is 53.2 Å². The molecule has 1 aromatic heterocycles. The maximum absolute atomic E-state index is 5.82. The fourth-order valence-electron chi connectivity index (χ4n) is 1.93. The molecule has 1 unspecified atom stereocenters. The summed E-state index contributed by atoms with van der Waals surface area (Å²) in [7, 11) is 0. The van der Waals surface area contributed by atoms with Gasteiger partial charge in [-0.15, -0.1) is 0 Å². The van der Waals surface area contributed by atoms with Crippen molar-refractivity contribution in [1.82, 2.24) is 4.98 Å². The lowest BCUT2D eigenvalue weighted by atomic mass is 10.1. The summed E-state index contributed by atoms with van der Waals surface area (Å²) in [4.78, 5) is 5.78. The van der Waals surface area contributed by atoms with Gasteiger partial charge < -0.3 is 5.73 Å². The van der Waals surface area contributed by atoms with Crippen molar-refractivity contribution in [2.24, 2.45) is 5.73 Å². The van der Waals surface area contributed by atoms with Crippen LogP contribution in [0, 0.1) is 13.8 Å². The molecule has 19 heavy (non-hydrogen) atoms. The van der Waals surface area contributed by atoms with Crippen LogP contribution in [-0.4, -0.2) is 11.0 Å². The van der Waals surface area contributed by atoms with E-state index in [0.717, 1.165) is 11.4 Å². The fourth-order valence-corrected chi connectivity index (χ4v) is 2.75. The van der Waals surface area contributed by atoms with Crippen LogP contribution in [0.15, 0.2) is 46.5 Å². The van der Waals surface area contributed by atoms with Gasteiger partial charge in [-0.2, -0.15) is 0 Å². The topological polar surface area (TPSA) is 38.9 Å². The first-order valence-corrected chi connectivity index (χ1v) is 7.32. The predicted molar refractivity (Wildman–Crippen MR) is 81.6 cm³/mol. The van der Waals surface area contributed by atoms with Gasteiger partial charge in [-0.3, -0.25) is 0 Å². The smallest absolute Gasteiger partial charge is 0.104 e. The van der Waals surface area contributed by atoms with E-state index in [9.17, 15) is 0 Å². The van der Waals surface area contributed by atoms with Gasteiger partial charge in [-0.25, -0.2) is 4.98 Å². The number of benzene rings is 1. The van der Waals surface area contributed by atoms with Crippen molar-refractivity contribution < 1.29 is 0 Å². The lowest BCUT2D eigenvalue weighted by molar-refractivity contribution is 0.733. The first-order chi connectivity index (χ1) is 9.04. The highest BCUT2D eigenvalue weighted by molar-refractivity contribution is 7.99. The second-order valence-electron chi connectivity index (χ2n) is 5.06. The molecule has 0 aliphatic rings. The molecule has 1 aromatic carbocycles. The summed E-state index contributed by atoms with van der Waals surface area (Å²) in [6, 6.07) is 10.9. The number of pyridine rings is 1. The Kier molecular flexibility index (Phi) is 4.61. The van der Waals surface area contributed by atoms with Crippen LogP contribution >= 0.6 is 11.8 Å². The molecule has 100 valence electrons. The van der Waals surface area contributed by atoms with E-state index < -0.39 is 0 Å². The fraction of sp³-hybridized carbons (Fsp3) is 0.312. The molecule has 1 atom stereocenters. The summed E-state index contributed by atoms with van der Waals surface area (Å²) in [5.74, 6) is 0. The van der Waals surface area contributed by atoms with E-state index >= 15 is 0 Å². The standard InChI is InChI=1S/C16H20N2S/c1-11-4-6-15(7-5-11)19-16-12(2)8-14(10-18-16)9-13(3)17/h4-8,10,13H,9,17H2,1-3H3. The molecule has 3 heteroatoms. The zero-order chi connectivity index (χ0) is 13.8. The molecule has 0 spiro atoms. The molecule has 0 bridgehead atoms. The molecule has 2 nitrogen and oxygen atoms in total. The zero-order valence-corrected chi connectivity index (χ0v) is 12.5. The highest BCUT2D eigenvalue weighted by atomic mass is 32.2. The quantitative estimate of drug-likeness (QED) is 0.921. The van der Waals surface area contributed by atoms with Gasteiger partial charge in [-0.05, 0) is 50.5 Å². The number of hydrogen-bond donors (Lipinski definition) is 1. The number of aromatic nitrogens is 1. The Morgan fingerprint density at radius 1 is 1.21 bits per heavy atom. The summed E-state index contributed by atoms with van der Waals surface area (Å²) in [5.41, 5.74) is 9.52. The SMILES string of the molecule is Cc1ccc(Sc2ncc(CC(C)N)cc2C)cc1. The molecule has 0 saturated heterocycles. The van der Waals surface area contributed by atoms with Gasteiger partial charge in [0.25, 0.3) is 0 Å². The third-order valence-electron chi connectivity index (χ3n) is 2.88. The lowest BCUT2D eigenvalue weighted by Crippen LogP contribution is -2.17. The van der Waals surface area contributed by atoms with Crippen LogP contribution in [-0.2, 0) is 6.42 Å². The van der Waals surface area contributed by atoms with Crippen LogP contribution < -0.4 is 5.73 Å². The summed E-state index contributed by atoms with van der Waals surface area (Å²) in [6.45, 7) is 6.22. The second kappa shape index (κ2) is 6.22. The molecular formula is C16H20N2S. The van der Waals surface area contributed by atoms with Gasteiger partial charge in [0.2, 0.25) is 0 Å². The molecule has 0 fully saturated rings. The van der Waals surface area contributed by atoms with Crippen LogP contribution in [0.1, 0.15) is 23.6 Å². The van der Waals surface area contributed by atoms with Crippen molar-refractivity contribution in [2.75, 3.05) is 0 Å². The van der Waals surface area contributed by atoms with Crippen molar-refractivity contribution in [1.29, 1.82) is 0 Å². The van der Waals surface area contributed by atoms with Crippen LogP contribution in [0.2, 0.25) is 0 Å². The van der Waals surface area contributed by atoms with Crippen molar-refractivity contribution in [2.45, 2.75) is 43.2 Å². The average Bonchev–Trinajstić information content (AvgIpc) is 2.34. The van der Waals surface area contributed by atoms with E-state index in [1.165, 1.54) is 21.6 Å². The highest BCUT2D eigenvalue weighted by Crippen LogP contribution is 2.29. The van der Waals surface area contributed by atoms with Gasteiger partial charge >= 0.3 is 0 Å². The number of rotatable bonds is 4.